The molecule has 1 N–H and O–H groups in total. The molecule has 0 radical (unpaired) electrons. The number of fused-ring (bicyclic) bond motifs is 1. The Bertz CT molecular complexity index is 1240. The van der Waals surface area contributed by atoms with Gasteiger partial charge in [0.15, 0.2) is 5.60 Å². The molecule has 0 aromatic heterocycles. The fraction of sp³-hybridized carbons (Fsp3) is 0.500. The van der Waals surface area contributed by atoms with E-state index >= 15 is 0 Å². The van der Waals surface area contributed by atoms with Crippen molar-refractivity contribution < 1.29 is 32.3 Å². The Morgan fingerprint density at radius 2 is 1.77 bits per heavy atom. The zero-order chi connectivity index (χ0) is 29.1. The van der Waals surface area contributed by atoms with E-state index in [1.54, 1.807) is 11.8 Å². The van der Waals surface area contributed by atoms with Crippen molar-refractivity contribution >= 4 is 23.4 Å². The highest BCUT2D eigenvalue weighted by Gasteiger charge is 2.45. The molecule has 1 fully saturated rings. The van der Waals surface area contributed by atoms with Gasteiger partial charge in [-0.25, -0.2) is 0 Å². The maximum absolute atomic E-state index is 14.5. The van der Waals surface area contributed by atoms with Gasteiger partial charge in [0.05, 0.1) is 16.8 Å². The van der Waals surface area contributed by atoms with Crippen LogP contribution in [-0.2, 0) is 22.3 Å². The number of carbonyl (C=O) groups is 3. The lowest BCUT2D eigenvalue weighted by atomic mass is 9.92. The van der Waals surface area contributed by atoms with Crippen LogP contribution in [0.1, 0.15) is 80.8 Å². The Kier molecular flexibility index (Phi) is 8.75. The lowest BCUT2D eigenvalue weighted by Crippen LogP contribution is -2.54. The first-order valence-electron chi connectivity index (χ1n) is 13.8. The molecule has 1 aliphatic heterocycles. The molecule has 1 heterocycles. The number of anilines is 1. The number of alkyl halides is 3. The van der Waals surface area contributed by atoms with E-state index < -0.39 is 34.7 Å². The van der Waals surface area contributed by atoms with Gasteiger partial charge in [-0.2, -0.15) is 13.2 Å². The third-order valence-corrected chi connectivity index (χ3v) is 7.50. The molecule has 4 rings (SSSR count). The summed E-state index contributed by atoms with van der Waals surface area (Å²) in [5, 5.41) is 2.69. The number of hydrogen-bond acceptors (Lipinski definition) is 4. The molecule has 0 bridgehead atoms. The molecule has 2 aromatic rings. The molecule has 2 aromatic carbocycles. The van der Waals surface area contributed by atoms with E-state index in [9.17, 15) is 27.6 Å². The standard InChI is InChI=1S/C30H36F3N3O4/c1-4-26(37)34-15-16-35-24-17-22(23(30(31,32)33)18-25(24)40-29(2,3)28(35)39)27(38)36(21-13-9-6-10-14-21)19-20-11-7-5-8-12-20/h5,7-8,11-12,17-18,21H,4,6,9-10,13-16,19H2,1-3H3,(H,34,37). The van der Waals surface area contributed by atoms with Crippen molar-refractivity contribution in [3.8, 4) is 5.75 Å². The van der Waals surface area contributed by atoms with Gasteiger partial charge in [0.2, 0.25) is 5.91 Å². The van der Waals surface area contributed by atoms with Crippen molar-refractivity contribution in [2.75, 3.05) is 18.0 Å². The van der Waals surface area contributed by atoms with Crippen LogP contribution in [0, 0.1) is 0 Å². The number of halogens is 3. The molecule has 216 valence electrons. The summed E-state index contributed by atoms with van der Waals surface area (Å²) in [4.78, 5) is 42.0. The number of benzene rings is 2. The number of amides is 3. The zero-order valence-electron chi connectivity index (χ0n) is 23.1. The summed E-state index contributed by atoms with van der Waals surface area (Å²) in [7, 11) is 0. The molecule has 0 spiro atoms. The van der Waals surface area contributed by atoms with E-state index in [2.05, 4.69) is 5.32 Å². The monoisotopic (exact) mass is 559 g/mol. The van der Waals surface area contributed by atoms with Crippen LogP contribution in [0.5, 0.6) is 5.75 Å². The first-order valence-corrected chi connectivity index (χ1v) is 13.8. The maximum Gasteiger partial charge on any atom is 0.417 e. The van der Waals surface area contributed by atoms with Crippen molar-refractivity contribution in [3.05, 3.63) is 59.2 Å². The molecular weight excluding hydrogens is 523 g/mol. The molecule has 0 atom stereocenters. The summed E-state index contributed by atoms with van der Waals surface area (Å²) in [6.45, 7) is 4.94. The van der Waals surface area contributed by atoms with Gasteiger partial charge < -0.3 is 19.9 Å². The largest absolute Gasteiger partial charge is 0.476 e. The summed E-state index contributed by atoms with van der Waals surface area (Å²) >= 11 is 0. The van der Waals surface area contributed by atoms with Gasteiger partial charge in [0.1, 0.15) is 5.75 Å². The molecule has 3 amide bonds. The fourth-order valence-electron chi connectivity index (χ4n) is 5.37. The van der Waals surface area contributed by atoms with Crippen molar-refractivity contribution in [2.45, 2.75) is 83.7 Å². The maximum atomic E-state index is 14.5. The Morgan fingerprint density at radius 1 is 1.10 bits per heavy atom. The number of rotatable bonds is 8. The van der Waals surface area contributed by atoms with Crippen LogP contribution < -0.4 is 15.0 Å². The third kappa shape index (κ3) is 6.42. The highest BCUT2D eigenvalue weighted by Crippen LogP contribution is 2.44. The van der Waals surface area contributed by atoms with E-state index in [-0.39, 0.29) is 49.4 Å². The van der Waals surface area contributed by atoms with Crippen LogP contribution in [0.3, 0.4) is 0 Å². The first-order chi connectivity index (χ1) is 18.9. The summed E-state index contributed by atoms with van der Waals surface area (Å²) in [5.41, 5.74) is -2.16. The SMILES string of the molecule is CCC(=O)NCCN1C(=O)C(C)(C)Oc2cc(C(F)(F)F)c(C(=O)N(Cc3ccccc3)C3CCCCC3)cc21. The molecule has 1 saturated carbocycles. The molecule has 10 heteroatoms. The normalized spacial score (nSPS) is 17.1. The molecule has 2 aliphatic rings. The zero-order valence-corrected chi connectivity index (χ0v) is 23.1. The molecule has 40 heavy (non-hydrogen) atoms. The Hall–Kier alpha value is -3.56. The average Bonchev–Trinajstić information content (AvgIpc) is 2.93. The molecule has 0 unspecified atom stereocenters. The first kappa shape index (κ1) is 29.4. The minimum absolute atomic E-state index is 0.0136. The minimum atomic E-state index is -4.83. The Labute approximate surface area is 232 Å². The quantitative estimate of drug-likeness (QED) is 0.449. The summed E-state index contributed by atoms with van der Waals surface area (Å²) < 4.78 is 49.1. The number of nitrogens with one attached hydrogen (secondary N) is 1. The van der Waals surface area contributed by atoms with Gasteiger partial charge in [-0.1, -0.05) is 56.5 Å². The molecule has 1 aliphatic carbocycles. The van der Waals surface area contributed by atoms with E-state index in [0.29, 0.717) is 12.8 Å². The second-order valence-electron chi connectivity index (χ2n) is 10.8. The van der Waals surface area contributed by atoms with Crippen molar-refractivity contribution in [3.63, 3.8) is 0 Å². The van der Waals surface area contributed by atoms with Gasteiger partial charge in [-0.3, -0.25) is 14.4 Å². The second kappa shape index (κ2) is 11.9. The van der Waals surface area contributed by atoms with E-state index in [0.717, 1.165) is 37.0 Å². The minimum Gasteiger partial charge on any atom is -0.476 e. The summed E-state index contributed by atoms with van der Waals surface area (Å²) in [5.74, 6) is -1.56. The number of carbonyl (C=O) groups excluding carboxylic acids is 3. The van der Waals surface area contributed by atoms with Crippen LogP contribution in [0.4, 0.5) is 18.9 Å². The Balaban J connectivity index is 1.79. The van der Waals surface area contributed by atoms with E-state index in [4.69, 9.17) is 4.74 Å². The van der Waals surface area contributed by atoms with Crippen molar-refractivity contribution in [2.24, 2.45) is 0 Å². The lowest BCUT2D eigenvalue weighted by molar-refractivity contribution is -0.138. The number of hydrogen-bond donors (Lipinski definition) is 1. The Morgan fingerprint density at radius 3 is 2.40 bits per heavy atom. The van der Waals surface area contributed by atoms with Gasteiger partial charge in [0, 0.05) is 32.1 Å². The second-order valence-corrected chi connectivity index (χ2v) is 10.8. The van der Waals surface area contributed by atoms with E-state index in [1.165, 1.54) is 18.7 Å². The smallest absolute Gasteiger partial charge is 0.417 e. The van der Waals surface area contributed by atoms with Gasteiger partial charge in [0.25, 0.3) is 11.8 Å². The predicted octanol–water partition coefficient (Wildman–Crippen LogP) is 5.71. The van der Waals surface area contributed by atoms with Gasteiger partial charge >= 0.3 is 6.18 Å². The third-order valence-electron chi connectivity index (χ3n) is 7.50. The topological polar surface area (TPSA) is 79.0 Å². The lowest BCUT2D eigenvalue weighted by Gasteiger charge is -2.40. The summed E-state index contributed by atoms with van der Waals surface area (Å²) in [6, 6.07) is 11.0. The summed E-state index contributed by atoms with van der Waals surface area (Å²) in [6.07, 6.45) is -0.337. The van der Waals surface area contributed by atoms with Crippen molar-refractivity contribution in [1.29, 1.82) is 0 Å². The van der Waals surface area contributed by atoms with Crippen LogP contribution in [0.25, 0.3) is 0 Å². The fourth-order valence-corrected chi connectivity index (χ4v) is 5.37. The highest BCUT2D eigenvalue weighted by molar-refractivity contribution is 6.05. The van der Waals surface area contributed by atoms with E-state index in [1.807, 2.05) is 30.3 Å². The van der Waals surface area contributed by atoms with Crippen LogP contribution in [-0.4, -0.2) is 47.4 Å². The van der Waals surface area contributed by atoms with Gasteiger partial charge in [-0.05, 0) is 44.4 Å². The van der Waals surface area contributed by atoms with Crippen LogP contribution in [0.2, 0.25) is 0 Å². The number of nitrogens with zero attached hydrogens (tertiary/aromatic N) is 2. The highest BCUT2D eigenvalue weighted by atomic mass is 19.4. The molecular formula is C30H36F3N3O4. The number of ether oxygens (including phenoxy) is 1. The van der Waals surface area contributed by atoms with Crippen LogP contribution in [0.15, 0.2) is 42.5 Å². The average molecular weight is 560 g/mol. The molecule has 7 nitrogen and oxygen atoms in total. The van der Waals surface area contributed by atoms with Crippen LogP contribution >= 0.6 is 0 Å². The van der Waals surface area contributed by atoms with Crippen molar-refractivity contribution in [1.82, 2.24) is 10.2 Å². The predicted molar refractivity (Wildman–Crippen MR) is 145 cm³/mol. The van der Waals surface area contributed by atoms with Gasteiger partial charge in [-0.15, -0.1) is 0 Å². The molecule has 0 saturated heterocycles.